The highest BCUT2D eigenvalue weighted by molar-refractivity contribution is 5.47. The van der Waals surface area contributed by atoms with E-state index >= 15 is 0 Å². The molecule has 0 aliphatic heterocycles. The maximum absolute atomic E-state index is 7.60. The minimum Gasteiger partial charge on any atom is -0.0985 e. The first-order valence-electron chi connectivity index (χ1n) is 4.74. The Labute approximate surface area is 61.5 Å². The van der Waals surface area contributed by atoms with E-state index in [1.54, 1.807) is 25.1 Å². The smallest absolute Gasteiger partial charge is 0.0632 e. The van der Waals surface area contributed by atoms with E-state index in [4.69, 9.17) is 5.48 Å². The lowest BCUT2D eigenvalue weighted by Gasteiger charge is -1.92. The summed E-state index contributed by atoms with van der Waals surface area (Å²) in [7, 11) is 0. The monoisotopic (exact) mass is 122 g/mol. The molecular weight excluding hydrogens is 108 g/mol. The normalized spacial score (nSPS) is 14.8. The molecule has 0 aliphatic rings. The molecule has 0 amide bonds. The van der Waals surface area contributed by atoms with E-state index < -0.39 is 6.53 Å². The van der Waals surface area contributed by atoms with Gasteiger partial charge < -0.3 is 0 Å². The molecule has 0 N–H and O–H groups in total. The number of hydrogen-bond donors (Lipinski definition) is 0. The van der Waals surface area contributed by atoms with Crippen molar-refractivity contribution in [3.8, 4) is 0 Å². The quantitative estimate of drug-likeness (QED) is 0.537. The average molecular weight is 122 g/mol. The largest absolute Gasteiger partial charge is 0.0985 e. The van der Waals surface area contributed by atoms with Gasteiger partial charge in [-0.2, -0.15) is 0 Å². The number of rotatable bonds is 1. The van der Waals surface area contributed by atoms with Gasteiger partial charge in [-0.25, -0.2) is 0 Å². The summed E-state index contributed by atoms with van der Waals surface area (Å²) in [5.74, 6) is 0. The zero-order valence-electron chi connectivity index (χ0n) is 9.23. The van der Waals surface area contributed by atoms with Gasteiger partial charge in [-0.1, -0.05) is 42.4 Å². The van der Waals surface area contributed by atoms with Crippen LogP contribution in [0.25, 0.3) is 6.05 Å². The minimum absolute atomic E-state index is 0.200. The SMILES string of the molecule is [2H]C([2H])=C([2H])c1cccc(C)c1[2H]. The average Bonchev–Trinajstić information content (AvgIpc) is 2.08. The van der Waals surface area contributed by atoms with Gasteiger partial charge in [0.1, 0.15) is 0 Å². The molecular formula is C9H10. The van der Waals surface area contributed by atoms with E-state index in [1.165, 1.54) is 0 Å². The van der Waals surface area contributed by atoms with Gasteiger partial charge in [0, 0.05) is 0 Å². The van der Waals surface area contributed by atoms with Crippen LogP contribution in [0.15, 0.2) is 30.8 Å². The number of hydrogen-bond acceptors (Lipinski definition) is 0. The summed E-state index contributed by atoms with van der Waals surface area (Å²) in [5.41, 5.74) is 1.10. The van der Waals surface area contributed by atoms with Crippen LogP contribution in [0.2, 0.25) is 0 Å². The summed E-state index contributed by atoms with van der Waals surface area (Å²) in [4.78, 5) is 0. The van der Waals surface area contributed by atoms with Crippen molar-refractivity contribution in [1.29, 1.82) is 0 Å². The van der Waals surface area contributed by atoms with Gasteiger partial charge in [-0.15, -0.1) is 0 Å². The fourth-order valence-electron chi connectivity index (χ4n) is 0.657. The van der Waals surface area contributed by atoms with Crippen molar-refractivity contribution in [3.63, 3.8) is 0 Å². The van der Waals surface area contributed by atoms with Crippen LogP contribution in [-0.4, -0.2) is 0 Å². The van der Waals surface area contributed by atoms with E-state index in [2.05, 4.69) is 0 Å². The lowest BCUT2D eigenvalue weighted by atomic mass is 10.1. The highest BCUT2D eigenvalue weighted by atomic mass is 13.9. The second-order valence-corrected chi connectivity index (χ2v) is 1.87. The van der Waals surface area contributed by atoms with Crippen LogP contribution in [0.1, 0.15) is 16.6 Å². The first-order valence-corrected chi connectivity index (χ1v) is 2.74. The lowest BCUT2D eigenvalue weighted by molar-refractivity contribution is 1.46. The van der Waals surface area contributed by atoms with Crippen LogP contribution in [0, 0.1) is 6.92 Å². The van der Waals surface area contributed by atoms with Crippen LogP contribution in [0.5, 0.6) is 0 Å². The van der Waals surface area contributed by atoms with E-state index in [-0.39, 0.29) is 12.1 Å². The summed E-state index contributed by atoms with van der Waals surface area (Å²) in [5, 5.41) is 0. The molecule has 1 aromatic carbocycles. The summed E-state index contributed by atoms with van der Waals surface area (Å²) >= 11 is 0. The Kier molecular flexibility index (Phi) is 0.746. The Morgan fingerprint density at radius 2 is 2.78 bits per heavy atom. The van der Waals surface area contributed by atoms with Crippen LogP contribution in [0.4, 0.5) is 0 Å². The second kappa shape index (κ2) is 2.49. The Morgan fingerprint density at radius 3 is 3.56 bits per heavy atom. The lowest BCUT2D eigenvalue weighted by Crippen LogP contribution is -1.72. The Balaban J connectivity index is 3.32. The molecule has 1 aromatic rings. The molecule has 46 valence electrons. The fraction of sp³-hybridized carbons (Fsp3) is 0.111. The zero-order valence-corrected chi connectivity index (χ0v) is 5.23. The molecule has 0 atom stereocenters. The molecule has 0 heterocycles. The Morgan fingerprint density at radius 1 is 1.89 bits per heavy atom. The topological polar surface area (TPSA) is 0 Å². The third-order valence-electron chi connectivity index (χ3n) is 1.08. The molecule has 0 saturated carbocycles. The van der Waals surface area contributed by atoms with Gasteiger partial charge in [0.15, 0.2) is 0 Å². The van der Waals surface area contributed by atoms with Gasteiger partial charge >= 0.3 is 0 Å². The van der Waals surface area contributed by atoms with Crippen LogP contribution < -0.4 is 0 Å². The minimum atomic E-state index is -0.556. The van der Waals surface area contributed by atoms with Crippen molar-refractivity contribution in [3.05, 3.63) is 41.9 Å². The Hall–Kier alpha value is -1.04. The van der Waals surface area contributed by atoms with E-state index in [0.717, 1.165) is 5.56 Å². The predicted octanol–water partition coefficient (Wildman–Crippen LogP) is 2.64. The zero-order chi connectivity index (χ0) is 10.0. The molecule has 9 heavy (non-hydrogen) atoms. The number of benzene rings is 1. The maximum atomic E-state index is 7.60. The first-order chi connectivity index (χ1) is 6.04. The van der Waals surface area contributed by atoms with Gasteiger partial charge in [0.2, 0.25) is 0 Å². The van der Waals surface area contributed by atoms with Crippen molar-refractivity contribution >= 4 is 6.05 Å². The van der Waals surface area contributed by atoms with E-state index in [0.29, 0.717) is 5.56 Å². The second-order valence-electron chi connectivity index (χ2n) is 1.87. The standard InChI is InChI=1S/C9H10/c1-3-9-6-4-5-8(2)7-9/h3-7H,1H2,2H3/i1D2,3D,7D. The van der Waals surface area contributed by atoms with Crippen LogP contribution in [-0.2, 0) is 0 Å². The summed E-state index contributed by atoms with van der Waals surface area (Å²) in [6.07, 6.45) is 0. The predicted molar refractivity (Wildman–Crippen MR) is 41.3 cm³/mol. The first kappa shape index (κ1) is 2.70. The van der Waals surface area contributed by atoms with Gasteiger partial charge in [0.25, 0.3) is 0 Å². The summed E-state index contributed by atoms with van der Waals surface area (Å²) in [6.45, 7) is 1.21. The molecule has 0 bridgehead atoms. The highest BCUT2D eigenvalue weighted by Gasteiger charge is 1.83. The molecule has 0 nitrogen and oxygen atoms in total. The van der Waals surface area contributed by atoms with Gasteiger partial charge in [0.05, 0.1) is 5.48 Å². The Bertz CT molecular complexity index is 351. The maximum Gasteiger partial charge on any atom is 0.0632 e. The molecule has 0 radical (unpaired) electrons. The molecule has 0 aliphatic carbocycles. The highest BCUT2D eigenvalue weighted by Crippen LogP contribution is 2.03. The van der Waals surface area contributed by atoms with Crippen molar-refractivity contribution < 1.29 is 5.48 Å². The molecule has 0 unspecified atom stereocenters. The van der Waals surface area contributed by atoms with Crippen molar-refractivity contribution in [2.24, 2.45) is 0 Å². The third-order valence-corrected chi connectivity index (χ3v) is 1.08. The fourth-order valence-corrected chi connectivity index (χ4v) is 0.657. The van der Waals surface area contributed by atoms with Crippen LogP contribution >= 0.6 is 0 Å². The van der Waals surface area contributed by atoms with Crippen LogP contribution in [0.3, 0.4) is 0 Å². The summed E-state index contributed by atoms with van der Waals surface area (Å²) < 4.78 is 28.9. The molecule has 1 rings (SSSR count). The number of aryl methyl sites for hydroxylation is 1. The molecule has 0 heteroatoms. The van der Waals surface area contributed by atoms with E-state index in [1.807, 2.05) is 0 Å². The van der Waals surface area contributed by atoms with Crippen molar-refractivity contribution in [2.75, 3.05) is 0 Å². The molecule has 0 fully saturated rings. The van der Waals surface area contributed by atoms with Gasteiger partial charge in [-0.3, -0.25) is 0 Å². The third kappa shape index (κ3) is 1.43. The molecule has 0 spiro atoms. The van der Waals surface area contributed by atoms with Crippen molar-refractivity contribution in [2.45, 2.75) is 6.92 Å². The van der Waals surface area contributed by atoms with Gasteiger partial charge in [-0.05, 0) is 12.5 Å². The van der Waals surface area contributed by atoms with E-state index in [9.17, 15) is 0 Å². The molecule has 0 aromatic heterocycles. The van der Waals surface area contributed by atoms with Crippen molar-refractivity contribution in [1.82, 2.24) is 0 Å². The molecule has 0 saturated heterocycles. The summed E-state index contributed by atoms with van der Waals surface area (Å²) in [6, 6.07) is 5.10.